The second kappa shape index (κ2) is 7.04. The highest BCUT2D eigenvalue weighted by Gasteiger charge is 2.42. The Hall–Kier alpha value is -2.95. The number of nitrogens with zero attached hydrogens (tertiary/aromatic N) is 6. The molecule has 0 N–H and O–H groups in total. The van der Waals surface area contributed by atoms with Crippen molar-refractivity contribution in [2.24, 2.45) is 0 Å². The van der Waals surface area contributed by atoms with Gasteiger partial charge in [-0.15, -0.1) is 20.4 Å². The van der Waals surface area contributed by atoms with Crippen molar-refractivity contribution >= 4 is 21.6 Å². The minimum Gasteiger partial charge on any atom is -0.423 e. The zero-order valence-electron chi connectivity index (χ0n) is 16.8. The lowest BCUT2D eigenvalue weighted by molar-refractivity contribution is 0.325. The Morgan fingerprint density at radius 1 is 0.774 bits per heavy atom. The largest absolute Gasteiger partial charge is 0.423 e. The molecule has 162 valence electrons. The van der Waals surface area contributed by atoms with E-state index in [2.05, 4.69) is 20.4 Å². The number of hydrogen-bond donors (Lipinski definition) is 0. The van der Waals surface area contributed by atoms with Crippen molar-refractivity contribution in [1.29, 1.82) is 0 Å². The highest BCUT2D eigenvalue weighted by Crippen LogP contribution is 2.43. The van der Waals surface area contributed by atoms with Gasteiger partial charge in [-0.05, 0) is 37.8 Å². The summed E-state index contributed by atoms with van der Waals surface area (Å²) in [5, 5.41) is 16.4. The highest BCUT2D eigenvalue weighted by molar-refractivity contribution is 7.94. The van der Waals surface area contributed by atoms with Crippen molar-refractivity contribution in [2.45, 2.75) is 63.5 Å². The van der Waals surface area contributed by atoms with Crippen LogP contribution in [0.3, 0.4) is 0 Å². The minimum absolute atomic E-state index is 0.0211. The molecule has 3 aliphatic rings. The zero-order valence-corrected chi connectivity index (χ0v) is 17.7. The van der Waals surface area contributed by atoms with Crippen molar-refractivity contribution in [3.8, 4) is 0 Å². The van der Waals surface area contributed by atoms with Crippen molar-refractivity contribution in [3.05, 3.63) is 47.8 Å². The predicted molar refractivity (Wildman–Crippen MR) is 110 cm³/mol. The minimum atomic E-state index is -3.88. The summed E-state index contributed by atoms with van der Waals surface area (Å²) in [5.74, 6) is 2.35. The summed E-state index contributed by atoms with van der Waals surface area (Å²) >= 11 is 0. The summed E-state index contributed by atoms with van der Waals surface area (Å²) in [6.45, 7) is -0.0422. The molecule has 0 radical (unpaired) electrons. The van der Waals surface area contributed by atoms with Crippen molar-refractivity contribution in [2.75, 3.05) is 8.61 Å². The first-order valence-corrected chi connectivity index (χ1v) is 12.0. The summed E-state index contributed by atoms with van der Waals surface area (Å²) in [4.78, 5) is 0. The van der Waals surface area contributed by atoms with Gasteiger partial charge in [-0.2, -0.15) is 8.42 Å². The third-order valence-corrected chi connectivity index (χ3v) is 8.17. The smallest absolute Gasteiger partial charge is 0.327 e. The maximum atomic E-state index is 13.4. The average molecular weight is 443 g/mol. The average Bonchev–Trinajstić information content (AvgIpc) is 3.35. The molecule has 0 saturated heterocycles. The van der Waals surface area contributed by atoms with Crippen LogP contribution >= 0.6 is 0 Å². The highest BCUT2D eigenvalue weighted by atomic mass is 32.2. The summed E-state index contributed by atoms with van der Waals surface area (Å²) in [6.07, 6.45) is 6.45. The van der Waals surface area contributed by atoms with E-state index in [9.17, 15) is 8.42 Å². The van der Waals surface area contributed by atoms with E-state index in [1.54, 1.807) is 24.3 Å². The van der Waals surface area contributed by atoms with Crippen LogP contribution in [-0.2, 0) is 23.3 Å². The van der Waals surface area contributed by atoms with E-state index in [1.165, 1.54) is 8.61 Å². The molecular weight excluding hydrogens is 420 g/mol. The van der Waals surface area contributed by atoms with Gasteiger partial charge < -0.3 is 8.83 Å². The Labute approximate surface area is 179 Å². The summed E-state index contributed by atoms with van der Waals surface area (Å²) < 4.78 is 41.0. The number of rotatable bonds is 6. The van der Waals surface area contributed by atoms with Gasteiger partial charge >= 0.3 is 10.2 Å². The van der Waals surface area contributed by atoms with Gasteiger partial charge in [0.1, 0.15) is 13.1 Å². The number of hydrogen-bond acceptors (Lipinski definition) is 8. The first-order valence-electron chi connectivity index (χ1n) is 10.6. The van der Waals surface area contributed by atoms with Crippen LogP contribution in [0, 0.1) is 0 Å². The van der Waals surface area contributed by atoms with E-state index >= 15 is 0 Å². The fourth-order valence-electron chi connectivity index (χ4n) is 4.13. The van der Waals surface area contributed by atoms with Crippen molar-refractivity contribution < 1.29 is 17.3 Å². The predicted octanol–water partition coefficient (Wildman–Crippen LogP) is 3.26. The molecule has 1 aliphatic heterocycles. The van der Waals surface area contributed by atoms with Crippen LogP contribution in [0.15, 0.2) is 33.1 Å². The van der Waals surface area contributed by atoms with Crippen LogP contribution in [0.5, 0.6) is 0 Å². The molecule has 3 aromatic rings. The molecule has 2 aromatic heterocycles. The van der Waals surface area contributed by atoms with Gasteiger partial charge in [-0.3, -0.25) is 0 Å². The van der Waals surface area contributed by atoms with Crippen molar-refractivity contribution in [3.63, 3.8) is 0 Å². The third-order valence-electron chi connectivity index (χ3n) is 6.41. The quantitative estimate of drug-likeness (QED) is 0.571. The lowest BCUT2D eigenvalue weighted by Gasteiger charge is -2.21. The van der Waals surface area contributed by atoms with E-state index in [1.807, 2.05) is 0 Å². The molecule has 0 bridgehead atoms. The molecule has 2 fully saturated rings. The molecule has 0 unspecified atom stereocenters. The summed E-state index contributed by atoms with van der Waals surface area (Å²) in [5.41, 5.74) is 1.12. The zero-order chi connectivity index (χ0) is 21.0. The van der Waals surface area contributed by atoms with Gasteiger partial charge in [0.15, 0.2) is 0 Å². The van der Waals surface area contributed by atoms with Gasteiger partial charge in [-0.25, -0.2) is 8.61 Å². The first kappa shape index (κ1) is 18.8. The molecule has 10 nitrogen and oxygen atoms in total. The molecule has 0 atom stereocenters. The van der Waals surface area contributed by atoms with E-state index in [0.29, 0.717) is 35.0 Å². The Morgan fingerprint density at radius 3 is 1.61 bits per heavy atom. The molecule has 6 rings (SSSR count). The topological polar surface area (TPSA) is 118 Å². The third kappa shape index (κ3) is 3.10. The molecule has 31 heavy (non-hydrogen) atoms. The number of para-hydroxylation sites is 2. The van der Waals surface area contributed by atoms with Gasteiger partial charge in [-0.1, -0.05) is 25.0 Å². The Kier molecular flexibility index (Phi) is 4.27. The van der Waals surface area contributed by atoms with Crippen LogP contribution in [0.25, 0.3) is 0 Å². The van der Waals surface area contributed by atoms with E-state index in [-0.39, 0.29) is 24.9 Å². The standard InChI is InChI=1S/C20H22N6O4S/c27-31(28)25(11-17-21-23-19(29-17)13-5-3-6-13)15-9-1-2-10-16(15)26(31)12-18-22-24-20(30-18)14-7-4-8-14/h1-2,9-10,13-14H,3-8,11-12H2. The van der Waals surface area contributed by atoms with Crippen LogP contribution in [0.1, 0.15) is 73.9 Å². The second-order valence-corrected chi connectivity index (χ2v) is 10.1. The number of aromatic nitrogens is 4. The first-order chi connectivity index (χ1) is 15.1. The monoisotopic (exact) mass is 442 g/mol. The van der Waals surface area contributed by atoms with Crippen LogP contribution < -0.4 is 8.61 Å². The number of benzene rings is 1. The van der Waals surface area contributed by atoms with E-state index in [0.717, 1.165) is 38.5 Å². The van der Waals surface area contributed by atoms with Crippen molar-refractivity contribution in [1.82, 2.24) is 20.4 Å². The fourth-order valence-corrected chi connectivity index (χ4v) is 5.73. The van der Waals surface area contributed by atoms with Crippen LogP contribution in [0.4, 0.5) is 11.4 Å². The molecule has 2 aliphatic carbocycles. The van der Waals surface area contributed by atoms with E-state index < -0.39 is 10.2 Å². The van der Waals surface area contributed by atoms with Gasteiger partial charge in [0.25, 0.3) is 0 Å². The van der Waals surface area contributed by atoms with Gasteiger partial charge in [0, 0.05) is 11.8 Å². The molecule has 0 amide bonds. The Morgan fingerprint density at radius 2 is 1.23 bits per heavy atom. The molecule has 3 heterocycles. The fraction of sp³-hybridized carbons (Fsp3) is 0.500. The lowest BCUT2D eigenvalue weighted by Crippen LogP contribution is -2.37. The molecule has 1 aromatic carbocycles. The second-order valence-electron chi connectivity index (χ2n) is 8.33. The molecule has 0 spiro atoms. The summed E-state index contributed by atoms with van der Waals surface area (Å²) in [6, 6.07) is 7.15. The molecule has 2 saturated carbocycles. The SMILES string of the molecule is O=S1(=O)N(Cc2nnc(C3CCC3)o2)c2ccccc2N1Cc1nnc(C2CCC2)o1. The van der Waals surface area contributed by atoms with E-state index in [4.69, 9.17) is 8.83 Å². The number of fused-ring (bicyclic) bond motifs is 1. The van der Waals surface area contributed by atoms with Gasteiger partial charge in [0.05, 0.1) is 11.4 Å². The van der Waals surface area contributed by atoms with Gasteiger partial charge in [0.2, 0.25) is 23.6 Å². The maximum Gasteiger partial charge on any atom is 0.327 e. The summed E-state index contributed by atoms with van der Waals surface area (Å²) in [7, 11) is -3.88. The number of anilines is 2. The molecule has 11 heteroatoms. The molecular formula is C20H22N6O4S. The normalized spacial score (nSPS) is 20.5. The Bertz CT molecular complexity index is 1130. The maximum absolute atomic E-state index is 13.4. The Balaban J connectivity index is 1.28. The lowest BCUT2D eigenvalue weighted by atomic mass is 9.85. The van der Waals surface area contributed by atoms with Crippen LogP contribution in [-0.4, -0.2) is 28.8 Å². The van der Waals surface area contributed by atoms with Crippen LogP contribution in [0.2, 0.25) is 0 Å².